The van der Waals surface area contributed by atoms with Crippen molar-refractivity contribution in [2.24, 2.45) is 0 Å². The molecule has 1 atom stereocenters. The first-order valence-electron chi connectivity index (χ1n) is 5.91. The predicted molar refractivity (Wildman–Crippen MR) is 68.6 cm³/mol. The van der Waals surface area contributed by atoms with Gasteiger partial charge in [-0.1, -0.05) is 18.5 Å². The molecule has 0 unspecified atom stereocenters. The summed E-state index contributed by atoms with van der Waals surface area (Å²) in [6.07, 6.45) is -3.37. The van der Waals surface area contributed by atoms with Gasteiger partial charge in [0.1, 0.15) is 11.6 Å². The highest BCUT2D eigenvalue weighted by Gasteiger charge is 2.32. The second-order valence-electron chi connectivity index (χ2n) is 4.38. The molecule has 0 fully saturated rings. The third-order valence-corrected chi connectivity index (χ3v) is 2.97. The third-order valence-electron chi connectivity index (χ3n) is 2.70. The highest BCUT2D eigenvalue weighted by Crippen LogP contribution is 2.29. The summed E-state index contributed by atoms with van der Waals surface area (Å²) >= 11 is 5.48. The van der Waals surface area contributed by atoms with E-state index >= 15 is 0 Å². The van der Waals surface area contributed by atoms with Crippen molar-refractivity contribution < 1.29 is 18.0 Å². The van der Waals surface area contributed by atoms with E-state index in [1.165, 1.54) is 0 Å². The molecule has 0 aliphatic carbocycles. The van der Waals surface area contributed by atoms with Crippen molar-refractivity contribution in [2.45, 2.75) is 39.0 Å². The van der Waals surface area contributed by atoms with Crippen molar-refractivity contribution in [1.82, 2.24) is 9.88 Å². The average Bonchev–Trinajstić information content (AvgIpc) is 2.33. The first kappa shape index (κ1) is 16.6. The average molecular weight is 311 g/mol. The number of carbonyl (C=O) groups is 1. The summed E-state index contributed by atoms with van der Waals surface area (Å²) in [5.74, 6) is -0.545. The number of pyridine rings is 1. The fourth-order valence-electron chi connectivity index (χ4n) is 1.45. The summed E-state index contributed by atoms with van der Waals surface area (Å²) < 4.78 is 38.5. The van der Waals surface area contributed by atoms with E-state index in [2.05, 4.69) is 5.32 Å². The number of nitrogens with zero attached hydrogens (tertiary/aromatic N) is 1. The minimum absolute atomic E-state index is 0.125. The largest absolute Gasteiger partial charge is 0.417 e. The molecule has 1 amide bonds. The van der Waals surface area contributed by atoms with Crippen LogP contribution in [-0.2, 0) is 17.5 Å². The van der Waals surface area contributed by atoms with E-state index in [0.717, 1.165) is 0 Å². The lowest BCUT2D eigenvalue weighted by Gasteiger charge is -2.14. The van der Waals surface area contributed by atoms with Crippen LogP contribution in [0.25, 0.3) is 0 Å². The van der Waals surface area contributed by atoms with Crippen LogP contribution in [0.2, 0.25) is 5.02 Å². The topological polar surface area (TPSA) is 51.1 Å². The molecule has 0 spiro atoms. The Kier molecular flexibility index (Phi) is 5.21. The van der Waals surface area contributed by atoms with Gasteiger partial charge < -0.3 is 9.88 Å². The van der Waals surface area contributed by atoms with Crippen molar-refractivity contribution in [3.63, 3.8) is 0 Å². The number of halogens is 4. The number of hydrogen-bond acceptors (Lipinski definition) is 2. The van der Waals surface area contributed by atoms with Crippen LogP contribution in [0.5, 0.6) is 0 Å². The monoisotopic (exact) mass is 310 g/mol. The highest BCUT2D eigenvalue weighted by molar-refractivity contribution is 6.30. The Morgan fingerprint density at radius 2 is 2.10 bits per heavy atom. The van der Waals surface area contributed by atoms with E-state index in [1.807, 2.05) is 6.92 Å². The van der Waals surface area contributed by atoms with Crippen molar-refractivity contribution in [3.05, 3.63) is 33.2 Å². The molecule has 0 aromatic carbocycles. The van der Waals surface area contributed by atoms with Crippen molar-refractivity contribution in [1.29, 1.82) is 0 Å². The number of aromatic nitrogens is 1. The van der Waals surface area contributed by atoms with E-state index in [4.69, 9.17) is 11.6 Å². The summed E-state index contributed by atoms with van der Waals surface area (Å²) in [4.78, 5) is 23.2. The lowest BCUT2D eigenvalue weighted by molar-refractivity contribution is -0.138. The van der Waals surface area contributed by atoms with E-state index in [1.54, 1.807) is 6.92 Å². The minimum atomic E-state index is -4.63. The Morgan fingerprint density at radius 3 is 2.60 bits per heavy atom. The molecule has 1 rings (SSSR count). The molecule has 0 aliphatic rings. The molecule has 0 radical (unpaired) electrons. The molecular weight excluding hydrogens is 297 g/mol. The first-order valence-corrected chi connectivity index (χ1v) is 6.29. The quantitative estimate of drug-likeness (QED) is 0.928. The van der Waals surface area contributed by atoms with Gasteiger partial charge in [0, 0.05) is 12.2 Å². The van der Waals surface area contributed by atoms with Crippen LogP contribution in [0, 0.1) is 0 Å². The first-order chi connectivity index (χ1) is 9.15. The van der Waals surface area contributed by atoms with E-state index < -0.39 is 34.8 Å². The standard InChI is InChI=1S/C12H14ClF3N2O2/c1-3-7(2)17-10(19)6-18-5-8(12(14,15)16)4-9(13)11(18)20/h4-5,7H,3,6H2,1-2H3,(H,17,19)/t7-/m1/s1. The van der Waals surface area contributed by atoms with Crippen LogP contribution >= 0.6 is 11.6 Å². The molecule has 4 nitrogen and oxygen atoms in total. The molecule has 20 heavy (non-hydrogen) atoms. The molecule has 0 aliphatic heterocycles. The summed E-state index contributed by atoms with van der Waals surface area (Å²) in [5, 5.41) is 1.99. The van der Waals surface area contributed by atoms with Crippen LogP contribution in [0.1, 0.15) is 25.8 Å². The Balaban J connectivity index is 3.03. The normalized spacial score (nSPS) is 13.1. The summed E-state index contributed by atoms with van der Waals surface area (Å²) in [6, 6.07) is 0.423. The number of alkyl halides is 3. The molecular formula is C12H14ClF3N2O2. The molecule has 0 saturated carbocycles. The van der Waals surface area contributed by atoms with Gasteiger partial charge in [0.05, 0.1) is 5.56 Å². The molecule has 0 saturated heterocycles. The van der Waals surface area contributed by atoms with Gasteiger partial charge in [0.25, 0.3) is 5.56 Å². The number of amides is 1. The lowest BCUT2D eigenvalue weighted by Crippen LogP contribution is -2.37. The van der Waals surface area contributed by atoms with Gasteiger partial charge in [0.15, 0.2) is 0 Å². The SMILES string of the molecule is CC[C@@H](C)NC(=O)Cn1cc(C(F)(F)F)cc(Cl)c1=O. The van der Waals surface area contributed by atoms with Crippen LogP contribution in [0.4, 0.5) is 13.2 Å². The minimum Gasteiger partial charge on any atom is -0.352 e. The van der Waals surface area contributed by atoms with E-state index in [-0.39, 0.29) is 6.04 Å². The Labute approximate surface area is 118 Å². The zero-order valence-electron chi connectivity index (χ0n) is 10.9. The summed E-state index contributed by atoms with van der Waals surface area (Å²) in [5.41, 5.74) is -1.91. The van der Waals surface area contributed by atoms with Crippen LogP contribution in [0.15, 0.2) is 17.1 Å². The fraction of sp³-hybridized carbons (Fsp3) is 0.500. The Hall–Kier alpha value is -1.50. The van der Waals surface area contributed by atoms with Gasteiger partial charge in [-0.3, -0.25) is 9.59 Å². The number of carbonyl (C=O) groups excluding carboxylic acids is 1. The van der Waals surface area contributed by atoms with Crippen molar-refractivity contribution in [2.75, 3.05) is 0 Å². The molecule has 0 bridgehead atoms. The van der Waals surface area contributed by atoms with Crippen LogP contribution in [-0.4, -0.2) is 16.5 Å². The van der Waals surface area contributed by atoms with Gasteiger partial charge in [-0.05, 0) is 19.4 Å². The van der Waals surface area contributed by atoms with E-state index in [0.29, 0.717) is 23.3 Å². The van der Waals surface area contributed by atoms with Gasteiger partial charge in [-0.15, -0.1) is 0 Å². The maximum Gasteiger partial charge on any atom is 0.417 e. The molecule has 8 heteroatoms. The highest BCUT2D eigenvalue weighted by atomic mass is 35.5. The zero-order chi connectivity index (χ0) is 15.5. The van der Waals surface area contributed by atoms with Crippen molar-refractivity contribution in [3.8, 4) is 0 Å². The second kappa shape index (κ2) is 6.30. The van der Waals surface area contributed by atoms with Gasteiger partial charge in [-0.25, -0.2) is 0 Å². The fourth-order valence-corrected chi connectivity index (χ4v) is 1.68. The molecule has 1 aromatic rings. The van der Waals surface area contributed by atoms with Crippen LogP contribution in [0.3, 0.4) is 0 Å². The second-order valence-corrected chi connectivity index (χ2v) is 4.79. The number of hydrogen-bond donors (Lipinski definition) is 1. The summed E-state index contributed by atoms with van der Waals surface area (Å²) in [7, 11) is 0. The maximum absolute atomic E-state index is 12.6. The molecule has 112 valence electrons. The molecule has 1 heterocycles. The molecule has 1 N–H and O–H groups in total. The smallest absolute Gasteiger partial charge is 0.352 e. The van der Waals surface area contributed by atoms with Gasteiger partial charge in [-0.2, -0.15) is 13.2 Å². The Morgan fingerprint density at radius 1 is 1.50 bits per heavy atom. The van der Waals surface area contributed by atoms with Gasteiger partial charge in [0.2, 0.25) is 5.91 Å². The van der Waals surface area contributed by atoms with E-state index in [9.17, 15) is 22.8 Å². The summed E-state index contributed by atoms with van der Waals surface area (Å²) in [6.45, 7) is 3.09. The Bertz CT molecular complexity index is 555. The van der Waals surface area contributed by atoms with Gasteiger partial charge >= 0.3 is 6.18 Å². The predicted octanol–water partition coefficient (Wildman–Crippen LogP) is 2.44. The lowest BCUT2D eigenvalue weighted by atomic mass is 10.2. The maximum atomic E-state index is 12.6. The number of rotatable bonds is 4. The molecule has 1 aromatic heterocycles. The third kappa shape index (κ3) is 4.26. The zero-order valence-corrected chi connectivity index (χ0v) is 11.7. The number of nitrogens with one attached hydrogen (secondary N) is 1. The van der Waals surface area contributed by atoms with Crippen molar-refractivity contribution >= 4 is 17.5 Å². The van der Waals surface area contributed by atoms with Crippen LogP contribution < -0.4 is 10.9 Å².